The largest absolute Gasteiger partial charge is 0.416 e. The molecule has 0 unspecified atom stereocenters. The summed E-state index contributed by atoms with van der Waals surface area (Å²) in [6.45, 7) is 1.84. The smallest absolute Gasteiger partial charge is 0.359 e. The van der Waals surface area contributed by atoms with Crippen molar-refractivity contribution in [2.75, 3.05) is 36.9 Å². The number of hydrogen-bond donors (Lipinski definition) is 1. The maximum atomic E-state index is 12.9. The van der Waals surface area contributed by atoms with Crippen LogP contribution in [0.5, 0.6) is 0 Å². The van der Waals surface area contributed by atoms with Gasteiger partial charge in [-0.3, -0.25) is 0 Å². The number of pyridine rings is 1. The number of benzene rings is 1. The van der Waals surface area contributed by atoms with Crippen LogP contribution in [-0.2, 0) is 6.18 Å². The monoisotopic (exact) mass is 392 g/mol. The van der Waals surface area contributed by atoms with Gasteiger partial charge in [0.15, 0.2) is 0 Å². The number of halogens is 3. The van der Waals surface area contributed by atoms with Crippen molar-refractivity contribution in [3.05, 3.63) is 54.2 Å². The van der Waals surface area contributed by atoms with Gasteiger partial charge in [0, 0.05) is 38.6 Å². The molecule has 3 rings (SSSR count). The molecule has 0 radical (unpaired) electrons. The van der Waals surface area contributed by atoms with Gasteiger partial charge in [0.2, 0.25) is 0 Å². The molecule has 2 heterocycles. The van der Waals surface area contributed by atoms with Crippen molar-refractivity contribution >= 4 is 17.5 Å². The van der Waals surface area contributed by atoms with Crippen LogP contribution in [0.3, 0.4) is 0 Å². The van der Waals surface area contributed by atoms with Crippen LogP contribution in [0, 0.1) is 5.92 Å². The molecule has 150 valence electrons. The maximum absolute atomic E-state index is 12.9. The number of carbonyl (C=O) groups excluding carboxylic acids is 1. The van der Waals surface area contributed by atoms with Crippen molar-refractivity contribution in [3.63, 3.8) is 0 Å². The number of nitrogens with zero attached hydrogens (tertiary/aromatic N) is 3. The van der Waals surface area contributed by atoms with Gasteiger partial charge in [0.05, 0.1) is 5.56 Å². The molecule has 0 atom stereocenters. The van der Waals surface area contributed by atoms with E-state index in [9.17, 15) is 18.0 Å². The fourth-order valence-electron chi connectivity index (χ4n) is 3.33. The molecule has 1 aromatic carbocycles. The third kappa shape index (κ3) is 5.15. The van der Waals surface area contributed by atoms with Crippen molar-refractivity contribution in [2.45, 2.75) is 19.0 Å². The van der Waals surface area contributed by atoms with E-state index in [1.54, 1.807) is 16.8 Å². The highest BCUT2D eigenvalue weighted by Gasteiger charge is 2.31. The Balaban J connectivity index is 1.51. The van der Waals surface area contributed by atoms with Crippen LogP contribution in [0.25, 0.3) is 0 Å². The van der Waals surface area contributed by atoms with E-state index in [-0.39, 0.29) is 6.03 Å². The molecular weight excluding hydrogens is 369 g/mol. The lowest BCUT2D eigenvalue weighted by atomic mass is 9.96. The summed E-state index contributed by atoms with van der Waals surface area (Å²) in [7, 11) is 1.75. The molecule has 1 fully saturated rings. The van der Waals surface area contributed by atoms with Crippen LogP contribution in [0.2, 0.25) is 0 Å². The van der Waals surface area contributed by atoms with Gasteiger partial charge in [0.1, 0.15) is 5.82 Å². The SMILES string of the molecule is CN(CC1CCN(C(=O)Nc2ccccc2)CC1)c1cc(C(F)(F)F)ccn1. The van der Waals surface area contributed by atoms with Gasteiger partial charge in [-0.2, -0.15) is 13.2 Å². The van der Waals surface area contributed by atoms with E-state index in [4.69, 9.17) is 0 Å². The predicted molar refractivity (Wildman–Crippen MR) is 102 cm³/mol. The molecule has 2 aromatic rings. The van der Waals surface area contributed by atoms with E-state index in [0.29, 0.717) is 31.4 Å². The number of para-hydroxylation sites is 1. The van der Waals surface area contributed by atoms with Gasteiger partial charge in [-0.05, 0) is 43.0 Å². The van der Waals surface area contributed by atoms with E-state index >= 15 is 0 Å². The number of rotatable bonds is 4. The average molecular weight is 392 g/mol. The van der Waals surface area contributed by atoms with Gasteiger partial charge < -0.3 is 15.1 Å². The normalized spacial score (nSPS) is 15.4. The first-order valence-electron chi connectivity index (χ1n) is 9.18. The minimum Gasteiger partial charge on any atom is -0.359 e. The number of likely N-dealkylation sites (tertiary alicyclic amines) is 1. The third-order valence-electron chi connectivity index (χ3n) is 4.92. The Kier molecular flexibility index (Phi) is 6.06. The van der Waals surface area contributed by atoms with Gasteiger partial charge in [0.25, 0.3) is 0 Å². The molecule has 5 nitrogen and oxygen atoms in total. The molecule has 2 amide bonds. The molecule has 0 saturated carbocycles. The highest BCUT2D eigenvalue weighted by Crippen LogP contribution is 2.31. The number of anilines is 2. The fourth-order valence-corrected chi connectivity index (χ4v) is 3.33. The molecule has 1 aliphatic heterocycles. The van der Waals surface area contributed by atoms with Crippen molar-refractivity contribution in [2.24, 2.45) is 5.92 Å². The Hall–Kier alpha value is -2.77. The topological polar surface area (TPSA) is 48.5 Å². The van der Waals surface area contributed by atoms with Crippen LogP contribution in [0.4, 0.5) is 29.5 Å². The highest BCUT2D eigenvalue weighted by atomic mass is 19.4. The lowest BCUT2D eigenvalue weighted by Crippen LogP contribution is -2.43. The average Bonchev–Trinajstić information content (AvgIpc) is 2.69. The van der Waals surface area contributed by atoms with Crippen molar-refractivity contribution in [1.82, 2.24) is 9.88 Å². The van der Waals surface area contributed by atoms with E-state index in [2.05, 4.69) is 10.3 Å². The van der Waals surface area contributed by atoms with Crippen LogP contribution >= 0.6 is 0 Å². The van der Waals surface area contributed by atoms with Gasteiger partial charge in [-0.1, -0.05) is 18.2 Å². The first-order chi connectivity index (χ1) is 13.3. The molecule has 28 heavy (non-hydrogen) atoms. The Labute approximate surface area is 162 Å². The molecular formula is C20H23F3N4O. The molecule has 8 heteroatoms. The minimum absolute atomic E-state index is 0.127. The number of amides is 2. The lowest BCUT2D eigenvalue weighted by Gasteiger charge is -2.34. The quantitative estimate of drug-likeness (QED) is 0.835. The van der Waals surface area contributed by atoms with Crippen LogP contribution in [0.1, 0.15) is 18.4 Å². The zero-order valence-electron chi connectivity index (χ0n) is 15.6. The molecule has 1 aliphatic rings. The molecule has 1 saturated heterocycles. The van der Waals surface area contributed by atoms with Gasteiger partial charge >= 0.3 is 12.2 Å². The lowest BCUT2D eigenvalue weighted by molar-refractivity contribution is -0.137. The fraction of sp³-hybridized carbons (Fsp3) is 0.400. The van der Waals surface area contributed by atoms with Crippen LogP contribution in [0.15, 0.2) is 48.7 Å². The second-order valence-electron chi connectivity index (χ2n) is 7.01. The Bertz CT molecular complexity index is 790. The summed E-state index contributed by atoms with van der Waals surface area (Å²) < 4.78 is 38.6. The third-order valence-corrected chi connectivity index (χ3v) is 4.92. The second kappa shape index (κ2) is 8.50. The predicted octanol–water partition coefficient (Wildman–Crippen LogP) is 4.48. The van der Waals surface area contributed by atoms with Crippen molar-refractivity contribution in [1.29, 1.82) is 0 Å². The van der Waals surface area contributed by atoms with E-state index in [1.807, 2.05) is 30.3 Å². The number of alkyl halides is 3. The number of hydrogen-bond acceptors (Lipinski definition) is 3. The zero-order chi connectivity index (χ0) is 20.1. The molecule has 1 aromatic heterocycles. The van der Waals surface area contributed by atoms with Crippen molar-refractivity contribution < 1.29 is 18.0 Å². The van der Waals surface area contributed by atoms with E-state index in [0.717, 1.165) is 30.7 Å². The molecule has 0 bridgehead atoms. The highest BCUT2D eigenvalue weighted by molar-refractivity contribution is 5.89. The molecule has 0 aliphatic carbocycles. The van der Waals surface area contributed by atoms with Crippen molar-refractivity contribution in [3.8, 4) is 0 Å². The Morgan fingerprint density at radius 2 is 1.89 bits per heavy atom. The number of piperidine rings is 1. The van der Waals surface area contributed by atoms with Crippen LogP contribution < -0.4 is 10.2 Å². The van der Waals surface area contributed by atoms with Gasteiger partial charge in [-0.15, -0.1) is 0 Å². The number of aromatic nitrogens is 1. The second-order valence-corrected chi connectivity index (χ2v) is 7.01. The molecule has 0 spiro atoms. The van der Waals surface area contributed by atoms with Crippen LogP contribution in [-0.4, -0.2) is 42.6 Å². The standard InChI is InChI=1S/C20H23F3N4O/c1-26(18-13-16(7-10-24-18)20(21,22)23)14-15-8-11-27(12-9-15)19(28)25-17-5-3-2-4-6-17/h2-7,10,13,15H,8-9,11-12,14H2,1H3,(H,25,28). The zero-order valence-corrected chi connectivity index (χ0v) is 15.6. The number of nitrogens with one attached hydrogen (secondary N) is 1. The minimum atomic E-state index is -4.38. The summed E-state index contributed by atoms with van der Waals surface area (Å²) in [5.41, 5.74) is 0.0572. The summed E-state index contributed by atoms with van der Waals surface area (Å²) in [5, 5.41) is 2.87. The summed E-state index contributed by atoms with van der Waals surface area (Å²) in [6, 6.07) is 11.2. The Morgan fingerprint density at radius 3 is 2.54 bits per heavy atom. The molecule has 1 N–H and O–H groups in total. The summed E-state index contributed by atoms with van der Waals surface area (Å²) >= 11 is 0. The maximum Gasteiger partial charge on any atom is 0.416 e. The first-order valence-corrected chi connectivity index (χ1v) is 9.18. The van der Waals surface area contributed by atoms with E-state index < -0.39 is 11.7 Å². The number of urea groups is 1. The summed E-state index contributed by atoms with van der Waals surface area (Å²) in [4.78, 5) is 19.9. The summed E-state index contributed by atoms with van der Waals surface area (Å²) in [6.07, 6.45) is -1.60. The van der Waals surface area contributed by atoms with Gasteiger partial charge in [-0.25, -0.2) is 9.78 Å². The number of carbonyl (C=O) groups is 1. The Morgan fingerprint density at radius 1 is 1.21 bits per heavy atom. The van der Waals surface area contributed by atoms with E-state index in [1.165, 1.54) is 6.20 Å². The summed E-state index contributed by atoms with van der Waals surface area (Å²) in [5.74, 6) is 0.598. The first kappa shape index (κ1) is 20.0.